The predicted octanol–water partition coefficient (Wildman–Crippen LogP) is -1.96. The Hall–Kier alpha value is -2.24. The van der Waals surface area contributed by atoms with Crippen LogP contribution in [-0.2, 0) is 19.2 Å². The second kappa shape index (κ2) is 13.1. The molecule has 0 aromatic heterocycles. The summed E-state index contributed by atoms with van der Waals surface area (Å²) in [4.78, 5) is 48.2. The quantitative estimate of drug-likeness (QED) is 0.168. The summed E-state index contributed by atoms with van der Waals surface area (Å²) in [5.74, 6) is -3.49. The zero-order chi connectivity index (χ0) is 22.7. The third-order valence-corrected chi connectivity index (χ3v) is 4.38. The average molecular weight is 418 g/mol. The normalized spacial score (nSPS) is 16.3. The number of carboxylic acids is 1. The van der Waals surface area contributed by atoms with Crippen LogP contribution in [0.3, 0.4) is 0 Å². The van der Waals surface area contributed by atoms with Gasteiger partial charge in [0.1, 0.15) is 24.2 Å². The molecule has 0 aromatic rings. The van der Waals surface area contributed by atoms with E-state index in [1.54, 1.807) is 13.8 Å². The molecule has 168 valence electrons. The van der Waals surface area contributed by atoms with Crippen molar-refractivity contribution in [3.8, 4) is 0 Å². The van der Waals surface area contributed by atoms with Gasteiger partial charge in [-0.3, -0.25) is 14.4 Å². The molecule has 0 spiro atoms. The van der Waals surface area contributed by atoms with Crippen molar-refractivity contribution in [3.05, 3.63) is 0 Å². The predicted molar refractivity (Wildman–Crippen MR) is 107 cm³/mol. The van der Waals surface area contributed by atoms with Crippen LogP contribution in [0.15, 0.2) is 0 Å². The molecular formula is C18H35N5O6. The van der Waals surface area contributed by atoms with E-state index in [0.717, 1.165) is 0 Å². The fourth-order valence-corrected chi connectivity index (χ4v) is 2.42. The van der Waals surface area contributed by atoms with Crippen LogP contribution in [0.4, 0.5) is 0 Å². The number of aliphatic hydroxyl groups excluding tert-OH is 1. The molecule has 0 aromatic carbocycles. The van der Waals surface area contributed by atoms with Gasteiger partial charge in [0.25, 0.3) is 0 Å². The highest BCUT2D eigenvalue weighted by atomic mass is 16.4. The summed E-state index contributed by atoms with van der Waals surface area (Å²) in [6, 6.07) is -4.30. The Morgan fingerprint density at radius 2 is 1.48 bits per heavy atom. The van der Waals surface area contributed by atoms with Crippen LogP contribution in [-0.4, -0.2) is 70.7 Å². The van der Waals surface area contributed by atoms with Crippen LogP contribution in [0.25, 0.3) is 0 Å². The highest BCUT2D eigenvalue weighted by Gasteiger charge is 2.29. The van der Waals surface area contributed by atoms with Crippen LogP contribution in [0.1, 0.15) is 47.0 Å². The van der Waals surface area contributed by atoms with E-state index < -0.39 is 54.0 Å². The first-order valence-corrected chi connectivity index (χ1v) is 9.69. The molecule has 3 amide bonds. The Morgan fingerprint density at radius 3 is 1.93 bits per heavy atom. The topological polar surface area (TPSA) is 197 Å². The number of carbonyl (C=O) groups excluding carboxylic acids is 3. The van der Waals surface area contributed by atoms with Crippen LogP contribution in [0.2, 0.25) is 0 Å². The van der Waals surface area contributed by atoms with Crippen LogP contribution >= 0.6 is 0 Å². The Balaban J connectivity index is 5.06. The van der Waals surface area contributed by atoms with Crippen LogP contribution in [0.5, 0.6) is 0 Å². The van der Waals surface area contributed by atoms with E-state index >= 15 is 0 Å². The molecule has 0 heterocycles. The molecule has 5 atom stereocenters. The lowest BCUT2D eigenvalue weighted by Crippen LogP contribution is -2.57. The second-order valence-electron chi connectivity index (χ2n) is 7.41. The van der Waals surface area contributed by atoms with Crippen molar-refractivity contribution in [1.29, 1.82) is 0 Å². The smallest absolute Gasteiger partial charge is 0.326 e. The Morgan fingerprint density at radius 1 is 0.897 bits per heavy atom. The monoisotopic (exact) mass is 417 g/mol. The molecule has 9 N–H and O–H groups in total. The Bertz CT molecular complexity index is 569. The number of rotatable bonds is 13. The summed E-state index contributed by atoms with van der Waals surface area (Å²) in [5.41, 5.74) is 11.0. The van der Waals surface area contributed by atoms with Crippen LogP contribution < -0.4 is 27.4 Å². The molecule has 0 radical (unpaired) electrons. The first kappa shape index (κ1) is 26.8. The van der Waals surface area contributed by atoms with E-state index in [1.807, 2.05) is 0 Å². The third kappa shape index (κ3) is 9.68. The van der Waals surface area contributed by atoms with Gasteiger partial charge in [-0.1, -0.05) is 13.8 Å². The van der Waals surface area contributed by atoms with Crippen molar-refractivity contribution in [2.75, 3.05) is 6.54 Å². The number of amides is 3. The highest BCUT2D eigenvalue weighted by molar-refractivity contribution is 5.94. The lowest BCUT2D eigenvalue weighted by Gasteiger charge is -2.24. The number of hydrogen-bond donors (Lipinski definition) is 7. The number of nitrogens with two attached hydrogens (primary N) is 2. The summed E-state index contributed by atoms with van der Waals surface area (Å²) in [7, 11) is 0. The van der Waals surface area contributed by atoms with E-state index in [0.29, 0.717) is 19.4 Å². The molecule has 0 aliphatic heterocycles. The minimum atomic E-state index is -1.21. The maximum atomic E-state index is 12.6. The van der Waals surface area contributed by atoms with Gasteiger partial charge in [0.05, 0.1) is 6.10 Å². The maximum absolute atomic E-state index is 12.6. The molecule has 11 heteroatoms. The van der Waals surface area contributed by atoms with Crippen molar-refractivity contribution in [2.24, 2.45) is 17.4 Å². The third-order valence-electron chi connectivity index (χ3n) is 4.38. The molecule has 0 fully saturated rings. The first-order chi connectivity index (χ1) is 13.4. The first-order valence-electron chi connectivity index (χ1n) is 9.69. The van der Waals surface area contributed by atoms with E-state index in [-0.39, 0.29) is 12.3 Å². The van der Waals surface area contributed by atoms with Gasteiger partial charge in [-0.25, -0.2) is 4.79 Å². The van der Waals surface area contributed by atoms with Crippen molar-refractivity contribution >= 4 is 23.7 Å². The number of unbranched alkanes of at least 4 members (excludes halogenated alkanes) is 1. The molecule has 0 aliphatic rings. The number of nitrogens with one attached hydrogen (secondary N) is 3. The number of aliphatic hydroxyl groups is 1. The maximum Gasteiger partial charge on any atom is 0.326 e. The Labute approximate surface area is 171 Å². The van der Waals surface area contributed by atoms with Gasteiger partial charge in [-0.2, -0.15) is 0 Å². The van der Waals surface area contributed by atoms with Gasteiger partial charge in [-0.15, -0.1) is 0 Å². The van der Waals surface area contributed by atoms with Gasteiger partial charge < -0.3 is 37.6 Å². The van der Waals surface area contributed by atoms with Gasteiger partial charge in [0, 0.05) is 0 Å². The average Bonchev–Trinajstić information content (AvgIpc) is 2.63. The van der Waals surface area contributed by atoms with E-state index in [1.165, 1.54) is 13.8 Å². The molecular weight excluding hydrogens is 382 g/mol. The SMILES string of the molecule is CC(NC(=O)C(CCCCN)NC(=O)C(N)C(C)O)C(=O)NC(C(=O)O)C(C)C. The van der Waals surface area contributed by atoms with Gasteiger partial charge in [0.15, 0.2) is 0 Å². The number of carbonyl (C=O) groups is 4. The zero-order valence-corrected chi connectivity index (χ0v) is 17.5. The number of hydrogen-bond acceptors (Lipinski definition) is 7. The summed E-state index contributed by atoms with van der Waals surface area (Å²) in [5, 5.41) is 25.9. The molecule has 5 unspecified atom stereocenters. The van der Waals surface area contributed by atoms with E-state index in [2.05, 4.69) is 16.0 Å². The van der Waals surface area contributed by atoms with Crippen molar-refractivity contribution < 1.29 is 29.4 Å². The van der Waals surface area contributed by atoms with Gasteiger partial charge >= 0.3 is 5.97 Å². The highest BCUT2D eigenvalue weighted by Crippen LogP contribution is 2.05. The largest absolute Gasteiger partial charge is 0.480 e. The fraction of sp³-hybridized carbons (Fsp3) is 0.778. The molecule has 0 saturated heterocycles. The van der Waals surface area contributed by atoms with E-state index in [9.17, 15) is 24.3 Å². The van der Waals surface area contributed by atoms with Gasteiger partial charge in [-0.05, 0) is 45.6 Å². The molecule has 11 nitrogen and oxygen atoms in total. The minimum absolute atomic E-state index is 0.263. The second-order valence-corrected chi connectivity index (χ2v) is 7.41. The zero-order valence-electron chi connectivity index (χ0n) is 17.5. The lowest BCUT2D eigenvalue weighted by atomic mass is 10.0. The standard InChI is InChI=1S/C18H35N5O6/c1-9(2)14(18(28)29)23-15(25)10(3)21-16(26)12(7-5-6-8-19)22-17(27)13(20)11(4)24/h9-14,24H,5-8,19-20H2,1-4H3,(H,21,26)(H,22,27)(H,23,25)(H,28,29). The number of aliphatic carboxylic acids is 1. The number of carboxylic acid groups (broad SMARTS) is 1. The molecule has 0 bridgehead atoms. The van der Waals surface area contributed by atoms with E-state index in [4.69, 9.17) is 16.6 Å². The Kier molecular flexibility index (Phi) is 12.1. The summed E-state index contributed by atoms with van der Waals surface area (Å²) >= 11 is 0. The van der Waals surface area contributed by atoms with Crippen molar-refractivity contribution in [1.82, 2.24) is 16.0 Å². The summed E-state index contributed by atoms with van der Waals surface area (Å²) in [6.07, 6.45) is 0.344. The molecule has 29 heavy (non-hydrogen) atoms. The van der Waals surface area contributed by atoms with Crippen molar-refractivity contribution in [3.63, 3.8) is 0 Å². The lowest BCUT2D eigenvalue weighted by molar-refractivity contribution is -0.143. The van der Waals surface area contributed by atoms with Gasteiger partial charge in [0.2, 0.25) is 17.7 Å². The fourth-order valence-electron chi connectivity index (χ4n) is 2.42. The van der Waals surface area contributed by atoms with Crippen LogP contribution in [0, 0.1) is 5.92 Å². The molecule has 0 saturated carbocycles. The molecule has 0 aliphatic carbocycles. The van der Waals surface area contributed by atoms with Crippen molar-refractivity contribution in [2.45, 2.75) is 77.2 Å². The summed E-state index contributed by atoms with van der Waals surface area (Å²) < 4.78 is 0. The summed E-state index contributed by atoms with van der Waals surface area (Å²) in [6.45, 7) is 6.48. The molecule has 0 rings (SSSR count). The minimum Gasteiger partial charge on any atom is -0.480 e.